The van der Waals surface area contributed by atoms with Crippen LogP contribution in [0.4, 0.5) is 5.69 Å². The Labute approximate surface area is 117 Å². The van der Waals surface area contributed by atoms with Gasteiger partial charge in [-0.05, 0) is 30.9 Å². The minimum absolute atomic E-state index is 0.531. The van der Waals surface area contributed by atoms with Crippen LogP contribution in [-0.4, -0.2) is 16.2 Å². The quantitative estimate of drug-likeness (QED) is 0.866. The summed E-state index contributed by atoms with van der Waals surface area (Å²) in [6.07, 6.45) is 7.15. The number of nitrogens with one attached hydrogen (secondary N) is 1. The first-order valence-corrected chi connectivity index (χ1v) is 7.14. The SMILES string of the molecule is Cc1nnc(-c2ccccc2NC2CC3CC=CC32)o1. The number of allylic oxidation sites excluding steroid dienone is 1. The van der Waals surface area contributed by atoms with Gasteiger partial charge >= 0.3 is 0 Å². The van der Waals surface area contributed by atoms with Crippen LogP contribution in [0.5, 0.6) is 0 Å². The number of rotatable bonds is 3. The van der Waals surface area contributed by atoms with Crippen molar-refractivity contribution in [2.24, 2.45) is 11.8 Å². The van der Waals surface area contributed by atoms with E-state index >= 15 is 0 Å². The normalized spacial score (nSPS) is 27.1. The molecule has 1 fully saturated rings. The standard InChI is InChI=1S/C16H17N3O/c1-10-18-19-16(20-10)13-6-2-3-8-14(13)17-15-9-11-5-4-7-12(11)15/h2-4,6-8,11-12,15,17H,5,9H2,1H3. The number of fused-ring (bicyclic) bond motifs is 1. The van der Waals surface area contributed by atoms with Gasteiger partial charge in [0.1, 0.15) is 0 Å². The van der Waals surface area contributed by atoms with Crippen molar-refractivity contribution >= 4 is 5.69 Å². The van der Waals surface area contributed by atoms with E-state index < -0.39 is 0 Å². The molecule has 0 aliphatic heterocycles. The van der Waals surface area contributed by atoms with Crippen LogP contribution in [0.3, 0.4) is 0 Å². The lowest BCUT2D eigenvalue weighted by Crippen LogP contribution is -2.43. The molecule has 102 valence electrons. The molecular formula is C16H17N3O. The molecule has 4 rings (SSSR count). The summed E-state index contributed by atoms with van der Waals surface area (Å²) in [6.45, 7) is 1.81. The molecule has 0 spiro atoms. The third-order valence-corrected chi connectivity index (χ3v) is 4.39. The van der Waals surface area contributed by atoms with E-state index in [9.17, 15) is 0 Å². The second kappa shape index (κ2) is 4.47. The summed E-state index contributed by atoms with van der Waals surface area (Å²) in [5, 5.41) is 11.7. The Kier molecular flexibility index (Phi) is 2.62. The summed E-state index contributed by atoms with van der Waals surface area (Å²) in [5.41, 5.74) is 2.07. The number of aryl methyl sites for hydroxylation is 1. The fourth-order valence-electron chi connectivity index (χ4n) is 3.28. The largest absolute Gasteiger partial charge is 0.421 e. The smallest absolute Gasteiger partial charge is 0.249 e. The molecule has 3 unspecified atom stereocenters. The lowest BCUT2D eigenvalue weighted by Gasteiger charge is -2.41. The Balaban J connectivity index is 1.60. The van der Waals surface area contributed by atoms with E-state index in [-0.39, 0.29) is 0 Å². The van der Waals surface area contributed by atoms with E-state index in [1.54, 1.807) is 0 Å². The van der Waals surface area contributed by atoms with Crippen molar-refractivity contribution in [3.05, 3.63) is 42.3 Å². The third kappa shape index (κ3) is 1.83. The van der Waals surface area contributed by atoms with Gasteiger partial charge in [-0.15, -0.1) is 10.2 Å². The molecule has 4 heteroatoms. The van der Waals surface area contributed by atoms with Crippen molar-refractivity contribution in [3.8, 4) is 11.5 Å². The number of aromatic nitrogens is 2. The Morgan fingerprint density at radius 3 is 2.95 bits per heavy atom. The van der Waals surface area contributed by atoms with Crippen molar-refractivity contribution in [3.63, 3.8) is 0 Å². The summed E-state index contributed by atoms with van der Waals surface area (Å²) >= 11 is 0. The van der Waals surface area contributed by atoms with Gasteiger partial charge in [0.25, 0.3) is 0 Å². The minimum atomic E-state index is 0.531. The maximum atomic E-state index is 5.55. The predicted molar refractivity (Wildman–Crippen MR) is 77.2 cm³/mol. The topological polar surface area (TPSA) is 51.0 Å². The highest BCUT2D eigenvalue weighted by Gasteiger charge is 2.41. The molecule has 0 saturated heterocycles. The van der Waals surface area contributed by atoms with E-state index in [1.165, 1.54) is 12.8 Å². The van der Waals surface area contributed by atoms with Gasteiger partial charge in [0, 0.05) is 24.6 Å². The van der Waals surface area contributed by atoms with Crippen LogP contribution < -0.4 is 5.32 Å². The van der Waals surface area contributed by atoms with Crippen molar-refractivity contribution in [1.29, 1.82) is 0 Å². The maximum Gasteiger partial charge on any atom is 0.249 e. The molecule has 0 amide bonds. The number of nitrogens with zero attached hydrogens (tertiary/aromatic N) is 2. The van der Waals surface area contributed by atoms with Gasteiger partial charge in [0.05, 0.1) is 5.56 Å². The van der Waals surface area contributed by atoms with Crippen molar-refractivity contribution in [2.45, 2.75) is 25.8 Å². The molecule has 1 aromatic carbocycles. The predicted octanol–water partition coefficient (Wildman–Crippen LogP) is 3.42. The molecule has 0 radical (unpaired) electrons. The van der Waals surface area contributed by atoms with Crippen LogP contribution in [0.2, 0.25) is 0 Å². The van der Waals surface area contributed by atoms with Crippen LogP contribution in [0.15, 0.2) is 40.8 Å². The molecule has 1 aromatic heterocycles. The molecule has 2 aliphatic rings. The van der Waals surface area contributed by atoms with E-state index in [4.69, 9.17) is 4.42 Å². The monoisotopic (exact) mass is 267 g/mol. The lowest BCUT2D eigenvalue weighted by molar-refractivity contribution is 0.218. The number of benzene rings is 1. The summed E-state index contributed by atoms with van der Waals surface area (Å²) in [4.78, 5) is 0. The van der Waals surface area contributed by atoms with Crippen LogP contribution in [0.1, 0.15) is 18.7 Å². The molecule has 2 aliphatic carbocycles. The number of para-hydroxylation sites is 1. The molecule has 1 saturated carbocycles. The third-order valence-electron chi connectivity index (χ3n) is 4.39. The molecule has 2 aromatic rings. The zero-order chi connectivity index (χ0) is 13.5. The fourth-order valence-corrected chi connectivity index (χ4v) is 3.28. The summed E-state index contributed by atoms with van der Waals surface area (Å²) in [7, 11) is 0. The second-order valence-corrected chi connectivity index (χ2v) is 5.66. The maximum absolute atomic E-state index is 5.55. The molecule has 0 bridgehead atoms. The second-order valence-electron chi connectivity index (χ2n) is 5.66. The van der Waals surface area contributed by atoms with E-state index in [0.717, 1.165) is 17.2 Å². The van der Waals surface area contributed by atoms with Crippen LogP contribution in [-0.2, 0) is 0 Å². The zero-order valence-corrected chi connectivity index (χ0v) is 11.4. The average Bonchev–Trinajstić information content (AvgIpc) is 3.03. The van der Waals surface area contributed by atoms with Gasteiger partial charge < -0.3 is 9.73 Å². The van der Waals surface area contributed by atoms with Crippen molar-refractivity contribution in [2.75, 3.05) is 5.32 Å². The highest BCUT2D eigenvalue weighted by Crippen LogP contribution is 2.44. The van der Waals surface area contributed by atoms with E-state index in [0.29, 0.717) is 23.7 Å². The van der Waals surface area contributed by atoms with Crippen molar-refractivity contribution < 1.29 is 4.42 Å². The number of hydrogen-bond acceptors (Lipinski definition) is 4. The highest BCUT2D eigenvalue weighted by atomic mass is 16.4. The van der Waals surface area contributed by atoms with Gasteiger partial charge in [0.15, 0.2) is 0 Å². The van der Waals surface area contributed by atoms with Crippen molar-refractivity contribution in [1.82, 2.24) is 10.2 Å². The minimum Gasteiger partial charge on any atom is -0.421 e. The van der Waals surface area contributed by atoms with Crippen LogP contribution >= 0.6 is 0 Å². The summed E-state index contributed by atoms with van der Waals surface area (Å²) in [6, 6.07) is 8.68. The van der Waals surface area contributed by atoms with Gasteiger partial charge in [-0.3, -0.25) is 0 Å². The highest BCUT2D eigenvalue weighted by molar-refractivity contribution is 5.72. The number of hydrogen-bond donors (Lipinski definition) is 1. The zero-order valence-electron chi connectivity index (χ0n) is 11.4. The fraction of sp³-hybridized carbons (Fsp3) is 0.375. The van der Waals surface area contributed by atoms with E-state index in [2.05, 4.69) is 33.7 Å². The molecular weight excluding hydrogens is 250 g/mol. The van der Waals surface area contributed by atoms with Gasteiger partial charge in [-0.1, -0.05) is 24.3 Å². The lowest BCUT2D eigenvalue weighted by atomic mass is 9.71. The molecule has 1 N–H and O–H groups in total. The summed E-state index contributed by atoms with van der Waals surface area (Å²) in [5.74, 6) is 2.72. The number of anilines is 1. The molecule has 4 nitrogen and oxygen atoms in total. The Morgan fingerprint density at radius 2 is 2.15 bits per heavy atom. The Bertz CT molecular complexity index is 661. The van der Waals surface area contributed by atoms with E-state index in [1.807, 2.05) is 25.1 Å². The first-order chi connectivity index (χ1) is 9.81. The Morgan fingerprint density at radius 1 is 1.25 bits per heavy atom. The first-order valence-electron chi connectivity index (χ1n) is 7.14. The van der Waals surface area contributed by atoms with Crippen LogP contribution in [0.25, 0.3) is 11.5 Å². The van der Waals surface area contributed by atoms with Gasteiger partial charge in [-0.25, -0.2) is 0 Å². The molecule has 1 heterocycles. The average molecular weight is 267 g/mol. The summed E-state index contributed by atoms with van der Waals surface area (Å²) < 4.78 is 5.55. The molecule has 20 heavy (non-hydrogen) atoms. The van der Waals surface area contributed by atoms with Crippen LogP contribution in [0, 0.1) is 18.8 Å². The first kappa shape index (κ1) is 11.7. The van der Waals surface area contributed by atoms with Gasteiger partial charge in [-0.2, -0.15) is 0 Å². The van der Waals surface area contributed by atoms with Gasteiger partial charge in [0.2, 0.25) is 11.8 Å². The molecule has 3 atom stereocenters. The Hall–Kier alpha value is -2.10.